The summed E-state index contributed by atoms with van der Waals surface area (Å²) >= 11 is 0. The van der Waals surface area contributed by atoms with Crippen LogP contribution in [0.3, 0.4) is 0 Å². The van der Waals surface area contributed by atoms with Crippen LogP contribution in [0.5, 0.6) is 0 Å². The molecule has 1 aromatic carbocycles. The fraction of sp³-hybridized carbons (Fsp3) is 0.533. The number of hydrogen-bond acceptors (Lipinski definition) is 3. The van der Waals surface area contributed by atoms with Crippen molar-refractivity contribution in [1.82, 2.24) is 9.80 Å². The zero-order valence-corrected chi connectivity index (χ0v) is 12.1. The first-order valence-corrected chi connectivity index (χ1v) is 7.00. The average molecular weight is 279 g/mol. The summed E-state index contributed by atoms with van der Waals surface area (Å²) in [5, 5.41) is 0. The molecule has 1 amide bonds. The minimum atomic E-state index is -0.219. The molecular formula is C15H22FN3O. The molecular weight excluding hydrogens is 257 g/mol. The Morgan fingerprint density at radius 1 is 1.25 bits per heavy atom. The molecule has 1 fully saturated rings. The van der Waals surface area contributed by atoms with E-state index in [1.165, 1.54) is 6.07 Å². The second-order valence-electron chi connectivity index (χ2n) is 5.37. The van der Waals surface area contributed by atoms with Crippen LogP contribution in [0.15, 0.2) is 24.3 Å². The molecule has 0 saturated carbocycles. The van der Waals surface area contributed by atoms with Crippen molar-refractivity contribution in [2.24, 2.45) is 5.73 Å². The minimum absolute atomic E-state index is 0.0906. The highest BCUT2D eigenvalue weighted by molar-refractivity contribution is 5.73. The van der Waals surface area contributed by atoms with Gasteiger partial charge in [0.05, 0.1) is 6.04 Å². The predicted molar refractivity (Wildman–Crippen MR) is 76.6 cm³/mol. The predicted octanol–water partition coefficient (Wildman–Crippen LogP) is 1.38. The monoisotopic (exact) mass is 279 g/mol. The highest BCUT2D eigenvalue weighted by Gasteiger charge is 2.29. The molecule has 2 unspecified atom stereocenters. The summed E-state index contributed by atoms with van der Waals surface area (Å²) in [6.45, 7) is 6.27. The number of carbonyl (C=O) groups excluding carboxylic acids is 1. The molecule has 110 valence electrons. The van der Waals surface area contributed by atoms with E-state index in [9.17, 15) is 9.18 Å². The highest BCUT2D eigenvalue weighted by Crippen LogP contribution is 2.26. The normalized spacial score (nSPS) is 19.7. The Labute approximate surface area is 119 Å². The SMILES string of the molecule is CC(=O)N1CCN(C(c2ccccc2F)C(C)N)CC1. The van der Waals surface area contributed by atoms with E-state index in [1.807, 2.05) is 17.9 Å². The van der Waals surface area contributed by atoms with Crippen molar-refractivity contribution in [3.63, 3.8) is 0 Å². The van der Waals surface area contributed by atoms with Crippen LogP contribution in [0.4, 0.5) is 4.39 Å². The zero-order chi connectivity index (χ0) is 14.7. The maximum atomic E-state index is 14.0. The molecule has 1 aromatic rings. The Kier molecular flexibility index (Phi) is 4.73. The molecule has 1 saturated heterocycles. The third kappa shape index (κ3) is 3.16. The summed E-state index contributed by atoms with van der Waals surface area (Å²) in [5.41, 5.74) is 6.71. The van der Waals surface area contributed by atoms with Gasteiger partial charge < -0.3 is 10.6 Å². The summed E-state index contributed by atoms with van der Waals surface area (Å²) in [5.74, 6) is -0.128. The smallest absolute Gasteiger partial charge is 0.219 e. The fourth-order valence-electron chi connectivity index (χ4n) is 2.84. The van der Waals surface area contributed by atoms with Crippen LogP contribution in [0, 0.1) is 5.82 Å². The van der Waals surface area contributed by atoms with Gasteiger partial charge in [-0.3, -0.25) is 9.69 Å². The van der Waals surface area contributed by atoms with E-state index in [1.54, 1.807) is 19.1 Å². The summed E-state index contributed by atoms with van der Waals surface area (Å²) in [4.78, 5) is 15.3. The van der Waals surface area contributed by atoms with Crippen LogP contribution in [-0.2, 0) is 4.79 Å². The molecule has 5 heteroatoms. The van der Waals surface area contributed by atoms with Gasteiger partial charge in [-0.1, -0.05) is 18.2 Å². The Bertz CT molecular complexity index is 470. The lowest BCUT2D eigenvalue weighted by atomic mass is 9.98. The van der Waals surface area contributed by atoms with Crippen molar-refractivity contribution in [2.75, 3.05) is 26.2 Å². The van der Waals surface area contributed by atoms with Crippen molar-refractivity contribution in [3.05, 3.63) is 35.6 Å². The van der Waals surface area contributed by atoms with Crippen LogP contribution in [-0.4, -0.2) is 47.9 Å². The zero-order valence-electron chi connectivity index (χ0n) is 12.1. The summed E-state index contributed by atoms with van der Waals surface area (Å²) in [6, 6.07) is 6.46. The summed E-state index contributed by atoms with van der Waals surface area (Å²) in [6.07, 6.45) is 0. The standard InChI is InChI=1S/C15H22FN3O/c1-11(17)15(13-5-3-4-6-14(13)16)19-9-7-18(8-10-19)12(2)20/h3-6,11,15H,7-10,17H2,1-2H3. The summed E-state index contributed by atoms with van der Waals surface area (Å²) < 4.78 is 14.0. The molecule has 1 aliphatic rings. The molecule has 2 N–H and O–H groups in total. The molecule has 0 spiro atoms. The number of halogens is 1. The van der Waals surface area contributed by atoms with Crippen LogP contribution in [0.1, 0.15) is 25.5 Å². The van der Waals surface area contributed by atoms with Gasteiger partial charge >= 0.3 is 0 Å². The van der Waals surface area contributed by atoms with E-state index in [2.05, 4.69) is 4.90 Å². The van der Waals surface area contributed by atoms with Crippen molar-refractivity contribution < 1.29 is 9.18 Å². The number of hydrogen-bond donors (Lipinski definition) is 1. The maximum Gasteiger partial charge on any atom is 0.219 e. The van der Waals surface area contributed by atoms with Crippen molar-refractivity contribution in [3.8, 4) is 0 Å². The first-order chi connectivity index (χ1) is 9.50. The Hall–Kier alpha value is -1.46. The Morgan fingerprint density at radius 3 is 2.35 bits per heavy atom. The van der Waals surface area contributed by atoms with E-state index < -0.39 is 0 Å². The van der Waals surface area contributed by atoms with E-state index in [-0.39, 0.29) is 23.8 Å². The molecule has 0 bridgehead atoms. The van der Waals surface area contributed by atoms with Gasteiger partial charge in [0.2, 0.25) is 5.91 Å². The second-order valence-corrected chi connectivity index (χ2v) is 5.37. The van der Waals surface area contributed by atoms with Crippen molar-refractivity contribution >= 4 is 5.91 Å². The van der Waals surface area contributed by atoms with Crippen molar-refractivity contribution in [1.29, 1.82) is 0 Å². The number of benzene rings is 1. The van der Waals surface area contributed by atoms with Crippen LogP contribution < -0.4 is 5.73 Å². The van der Waals surface area contributed by atoms with Gasteiger partial charge in [0.1, 0.15) is 5.82 Å². The van der Waals surface area contributed by atoms with Gasteiger partial charge in [0, 0.05) is 44.7 Å². The number of amides is 1. The fourth-order valence-corrected chi connectivity index (χ4v) is 2.84. The van der Waals surface area contributed by atoms with Crippen LogP contribution in [0.25, 0.3) is 0 Å². The first kappa shape index (κ1) is 14.9. The van der Waals surface area contributed by atoms with E-state index in [4.69, 9.17) is 5.73 Å². The Morgan fingerprint density at radius 2 is 1.85 bits per heavy atom. The van der Waals surface area contributed by atoms with Crippen LogP contribution in [0.2, 0.25) is 0 Å². The molecule has 1 heterocycles. The second kappa shape index (κ2) is 6.33. The molecule has 1 aliphatic heterocycles. The summed E-state index contributed by atoms with van der Waals surface area (Å²) in [7, 11) is 0. The molecule has 2 rings (SSSR count). The van der Waals surface area contributed by atoms with E-state index in [0.717, 1.165) is 13.1 Å². The number of nitrogens with zero attached hydrogens (tertiary/aromatic N) is 2. The quantitative estimate of drug-likeness (QED) is 0.909. The van der Waals surface area contributed by atoms with Gasteiger partial charge in [-0.15, -0.1) is 0 Å². The lowest BCUT2D eigenvalue weighted by Crippen LogP contribution is -2.52. The molecule has 4 nitrogen and oxygen atoms in total. The molecule has 0 aromatic heterocycles. The number of piperazine rings is 1. The third-order valence-electron chi connectivity index (χ3n) is 3.87. The van der Waals surface area contributed by atoms with E-state index in [0.29, 0.717) is 18.7 Å². The van der Waals surface area contributed by atoms with Gasteiger partial charge in [0.25, 0.3) is 0 Å². The lowest BCUT2D eigenvalue weighted by molar-refractivity contribution is -0.130. The average Bonchev–Trinajstić information content (AvgIpc) is 2.41. The Balaban J connectivity index is 2.15. The largest absolute Gasteiger partial charge is 0.340 e. The maximum absolute atomic E-state index is 14.0. The lowest BCUT2D eigenvalue weighted by Gasteiger charge is -2.40. The minimum Gasteiger partial charge on any atom is -0.340 e. The number of nitrogens with two attached hydrogens (primary N) is 1. The topological polar surface area (TPSA) is 49.6 Å². The van der Waals surface area contributed by atoms with Gasteiger partial charge in [-0.2, -0.15) is 0 Å². The number of rotatable bonds is 3. The molecule has 0 radical (unpaired) electrons. The third-order valence-corrected chi connectivity index (χ3v) is 3.87. The van der Waals surface area contributed by atoms with Gasteiger partial charge in [-0.05, 0) is 13.0 Å². The van der Waals surface area contributed by atoms with Gasteiger partial charge in [0.15, 0.2) is 0 Å². The molecule has 20 heavy (non-hydrogen) atoms. The first-order valence-electron chi connectivity index (χ1n) is 7.00. The number of carbonyl (C=O) groups is 1. The van der Waals surface area contributed by atoms with Crippen LogP contribution >= 0.6 is 0 Å². The van der Waals surface area contributed by atoms with Crippen molar-refractivity contribution in [2.45, 2.75) is 25.9 Å². The van der Waals surface area contributed by atoms with E-state index >= 15 is 0 Å². The van der Waals surface area contributed by atoms with Gasteiger partial charge in [-0.25, -0.2) is 4.39 Å². The highest BCUT2D eigenvalue weighted by atomic mass is 19.1. The molecule has 2 atom stereocenters. The molecule has 0 aliphatic carbocycles.